The molecule has 0 amide bonds. The van der Waals surface area contributed by atoms with Gasteiger partial charge in [-0.15, -0.1) is 4.98 Å². The van der Waals surface area contributed by atoms with Gasteiger partial charge in [0, 0.05) is 31.1 Å². The van der Waals surface area contributed by atoms with Gasteiger partial charge in [-0.1, -0.05) is 19.4 Å². The number of anilines is 1. The Labute approximate surface area is 205 Å². The second-order valence-corrected chi connectivity index (χ2v) is 10.6. The number of aromatic nitrogens is 2. The average molecular weight is 470 g/mol. The molecule has 2 heterocycles. The van der Waals surface area contributed by atoms with Crippen molar-refractivity contribution in [3.63, 3.8) is 0 Å². The van der Waals surface area contributed by atoms with E-state index < -0.39 is 0 Å². The summed E-state index contributed by atoms with van der Waals surface area (Å²) >= 11 is 0. The predicted octanol–water partition coefficient (Wildman–Crippen LogP) is 4.08. The van der Waals surface area contributed by atoms with E-state index in [-0.39, 0.29) is 0 Å². The molecule has 0 radical (unpaired) electrons. The molecule has 3 rings (SSSR count). The SMILES string of the molecule is COc1cnc([N+](C)(C)c2ccc(C)c(N(C)C=N)c2)nc1[N+](C)(C)CC(C)C1CCCCN1. The fourth-order valence-electron chi connectivity index (χ4n) is 5.01. The molecule has 1 saturated heterocycles. The number of hydrogen-bond acceptors (Lipinski definition) is 5. The van der Waals surface area contributed by atoms with Gasteiger partial charge in [-0.05, 0) is 31.9 Å². The highest BCUT2D eigenvalue weighted by molar-refractivity contribution is 5.80. The van der Waals surface area contributed by atoms with E-state index in [4.69, 9.17) is 20.1 Å². The van der Waals surface area contributed by atoms with Crippen LogP contribution in [0, 0.1) is 18.3 Å². The Morgan fingerprint density at radius 1 is 1.26 bits per heavy atom. The first-order valence-corrected chi connectivity index (χ1v) is 12.2. The molecular formula is C26H43N7O+2. The van der Waals surface area contributed by atoms with Crippen molar-refractivity contribution in [1.29, 1.82) is 5.41 Å². The minimum Gasteiger partial charge on any atom is -0.488 e. The van der Waals surface area contributed by atoms with Gasteiger partial charge in [-0.2, -0.15) is 4.98 Å². The van der Waals surface area contributed by atoms with E-state index in [0.717, 1.165) is 35.8 Å². The molecular weight excluding hydrogens is 426 g/mol. The molecule has 0 saturated carbocycles. The molecule has 1 aliphatic rings. The number of nitrogens with one attached hydrogen (secondary N) is 2. The summed E-state index contributed by atoms with van der Waals surface area (Å²) in [6.07, 6.45) is 6.94. The Kier molecular flexibility index (Phi) is 7.95. The predicted molar refractivity (Wildman–Crippen MR) is 144 cm³/mol. The topological polar surface area (TPSA) is 74.1 Å². The van der Waals surface area contributed by atoms with Crippen LogP contribution in [0.2, 0.25) is 0 Å². The number of piperidine rings is 1. The highest BCUT2D eigenvalue weighted by Gasteiger charge is 2.36. The fourth-order valence-corrected chi connectivity index (χ4v) is 5.01. The van der Waals surface area contributed by atoms with E-state index >= 15 is 0 Å². The zero-order valence-corrected chi connectivity index (χ0v) is 22.2. The summed E-state index contributed by atoms with van der Waals surface area (Å²) in [4.78, 5) is 11.6. The van der Waals surface area contributed by atoms with Crippen LogP contribution in [0.25, 0.3) is 0 Å². The lowest BCUT2D eigenvalue weighted by Gasteiger charge is -2.36. The van der Waals surface area contributed by atoms with Gasteiger partial charge in [0.05, 0.1) is 60.1 Å². The molecule has 1 aromatic heterocycles. The van der Waals surface area contributed by atoms with E-state index in [1.807, 2.05) is 11.9 Å². The van der Waals surface area contributed by atoms with Gasteiger partial charge >= 0.3 is 5.95 Å². The zero-order valence-electron chi connectivity index (χ0n) is 22.2. The van der Waals surface area contributed by atoms with E-state index in [9.17, 15) is 0 Å². The van der Waals surface area contributed by atoms with Crippen molar-refractivity contribution >= 4 is 29.5 Å². The molecule has 0 aliphatic carbocycles. The van der Waals surface area contributed by atoms with Crippen LogP contribution in [-0.2, 0) is 0 Å². The van der Waals surface area contributed by atoms with Crippen molar-refractivity contribution in [1.82, 2.24) is 24.3 Å². The third-order valence-corrected chi connectivity index (χ3v) is 7.21. The first-order chi connectivity index (χ1) is 16.0. The van der Waals surface area contributed by atoms with Crippen molar-refractivity contribution < 1.29 is 4.74 Å². The molecule has 8 heteroatoms. The van der Waals surface area contributed by atoms with Gasteiger partial charge in [0.25, 0.3) is 5.82 Å². The van der Waals surface area contributed by atoms with E-state index in [2.05, 4.69) is 65.6 Å². The minimum atomic E-state index is 0.385. The highest BCUT2D eigenvalue weighted by atomic mass is 16.5. The van der Waals surface area contributed by atoms with Crippen molar-refractivity contribution in [2.45, 2.75) is 39.2 Å². The van der Waals surface area contributed by atoms with Gasteiger partial charge in [0.2, 0.25) is 5.75 Å². The summed E-state index contributed by atoms with van der Waals surface area (Å²) in [6.45, 7) is 6.46. The summed E-state index contributed by atoms with van der Waals surface area (Å²) < 4.78 is 6.72. The van der Waals surface area contributed by atoms with Crippen LogP contribution in [0.1, 0.15) is 31.7 Å². The second kappa shape index (κ2) is 10.4. The van der Waals surface area contributed by atoms with Crippen molar-refractivity contribution in [2.75, 3.05) is 60.3 Å². The maximum Gasteiger partial charge on any atom is 0.338 e. The first kappa shape index (κ1) is 26.1. The molecule has 0 bridgehead atoms. The lowest BCUT2D eigenvalue weighted by molar-refractivity contribution is 0.240. The molecule has 2 N–H and O–H groups in total. The van der Waals surface area contributed by atoms with E-state index in [0.29, 0.717) is 32.6 Å². The molecule has 2 aromatic rings. The number of benzene rings is 1. The van der Waals surface area contributed by atoms with Crippen LogP contribution in [0.5, 0.6) is 5.75 Å². The maximum absolute atomic E-state index is 7.66. The number of ether oxygens (including phenoxy) is 1. The smallest absolute Gasteiger partial charge is 0.338 e. The van der Waals surface area contributed by atoms with Crippen LogP contribution in [-0.4, -0.2) is 77.8 Å². The van der Waals surface area contributed by atoms with E-state index in [1.54, 1.807) is 13.3 Å². The van der Waals surface area contributed by atoms with Crippen molar-refractivity contribution in [3.05, 3.63) is 30.0 Å². The Morgan fingerprint density at radius 2 is 2.00 bits per heavy atom. The summed E-state index contributed by atoms with van der Waals surface area (Å²) in [5.41, 5.74) is 3.17. The normalized spacial score (nSPS) is 17.8. The summed E-state index contributed by atoms with van der Waals surface area (Å²) in [5.74, 6) is 2.82. The summed E-state index contributed by atoms with van der Waals surface area (Å²) in [7, 11) is 12.2. The third kappa shape index (κ3) is 5.40. The minimum absolute atomic E-state index is 0.385. The number of methoxy groups -OCH3 is 1. The van der Waals surface area contributed by atoms with Crippen LogP contribution in [0.3, 0.4) is 0 Å². The fraction of sp³-hybridized carbons (Fsp3) is 0.577. The quantitative estimate of drug-likeness (QED) is 0.329. The summed E-state index contributed by atoms with van der Waals surface area (Å²) in [6, 6.07) is 6.86. The molecule has 1 aliphatic heterocycles. The van der Waals surface area contributed by atoms with Crippen molar-refractivity contribution in [3.8, 4) is 5.75 Å². The zero-order chi connectivity index (χ0) is 25.1. The Balaban J connectivity index is 1.97. The molecule has 1 fully saturated rings. The third-order valence-electron chi connectivity index (χ3n) is 7.21. The van der Waals surface area contributed by atoms with Gasteiger partial charge in [-0.25, -0.2) is 4.48 Å². The lowest BCUT2D eigenvalue weighted by atomic mass is 9.92. The Bertz CT molecular complexity index is 999. The number of hydrogen-bond donors (Lipinski definition) is 2. The molecule has 1 aromatic carbocycles. The lowest BCUT2D eigenvalue weighted by Crippen LogP contribution is -2.51. The Morgan fingerprint density at radius 3 is 2.62 bits per heavy atom. The molecule has 0 spiro atoms. The standard InChI is InChI=1S/C26H43N7O/c1-19-12-13-21(15-23(19)31(3)18-27)33(6,7)26-29-16-24(34-8)25(30-26)32(4,5)17-20(2)22-11-9-10-14-28-22/h12-13,15-16,18,20,22,27-28H,9-11,14,17H2,1-8H3/q+2. The molecule has 2 unspecified atom stereocenters. The molecule has 2 atom stereocenters. The largest absolute Gasteiger partial charge is 0.488 e. The number of nitrogens with zero attached hydrogens (tertiary/aromatic N) is 5. The van der Waals surface area contributed by atoms with Crippen LogP contribution in [0.4, 0.5) is 23.1 Å². The van der Waals surface area contributed by atoms with E-state index in [1.165, 1.54) is 25.6 Å². The van der Waals surface area contributed by atoms with Gasteiger partial charge in [0.1, 0.15) is 5.69 Å². The van der Waals surface area contributed by atoms with Crippen LogP contribution >= 0.6 is 0 Å². The van der Waals surface area contributed by atoms with Gasteiger partial charge in [0.15, 0.2) is 0 Å². The van der Waals surface area contributed by atoms with Gasteiger partial charge in [-0.3, -0.25) is 9.89 Å². The van der Waals surface area contributed by atoms with Gasteiger partial charge < -0.3 is 15.0 Å². The number of quaternary nitrogens is 2. The summed E-state index contributed by atoms with van der Waals surface area (Å²) in [5, 5.41) is 11.4. The maximum atomic E-state index is 7.66. The molecule has 34 heavy (non-hydrogen) atoms. The first-order valence-electron chi connectivity index (χ1n) is 12.2. The molecule has 186 valence electrons. The number of aryl methyl sites for hydroxylation is 1. The van der Waals surface area contributed by atoms with Crippen LogP contribution < -0.4 is 23.9 Å². The molecule has 8 nitrogen and oxygen atoms in total. The average Bonchev–Trinajstić information content (AvgIpc) is 2.83. The Hall–Kier alpha value is -2.55. The highest BCUT2D eigenvalue weighted by Crippen LogP contribution is 2.37. The van der Waals surface area contributed by atoms with Crippen molar-refractivity contribution in [2.24, 2.45) is 5.92 Å². The monoisotopic (exact) mass is 469 g/mol. The number of rotatable bonds is 9. The second-order valence-electron chi connectivity index (χ2n) is 10.6. The van der Waals surface area contributed by atoms with Crippen LogP contribution in [0.15, 0.2) is 24.4 Å².